The molecule has 0 bridgehead atoms. The second kappa shape index (κ2) is 7.78. The average Bonchev–Trinajstić information content (AvgIpc) is 1.87. The number of nitrogens with one attached hydrogen (secondary N) is 1. The van der Waals surface area contributed by atoms with Crippen LogP contribution in [-0.4, -0.2) is 27.7 Å². The van der Waals surface area contributed by atoms with Crippen LogP contribution in [-0.2, 0) is 9.59 Å². The van der Waals surface area contributed by atoms with Gasteiger partial charge >= 0.3 is 11.9 Å². The van der Waals surface area contributed by atoms with Crippen molar-refractivity contribution in [2.75, 3.05) is 0 Å². The Hall–Kier alpha value is -0.850. The number of hydrogen-bond donors (Lipinski definition) is 4. The van der Waals surface area contributed by atoms with Crippen molar-refractivity contribution in [3.8, 4) is 0 Å². The van der Waals surface area contributed by atoms with E-state index in [0.29, 0.717) is 0 Å². The average molecular weight is 215 g/mol. The van der Waals surface area contributed by atoms with E-state index in [-0.39, 0.29) is 17.9 Å². The van der Waals surface area contributed by atoms with Gasteiger partial charge in [-0.25, -0.2) is 9.59 Å². The van der Waals surface area contributed by atoms with E-state index in [9.17, 15) is 0 Å². The number of hydrogen-bond acceptors (Lipinski definition) is 4. The van der Waals surface area contributed by atoms with Crippen LogP contribution in [0.5, 0.6) is 0 Å². The molecular weight excluding hydrogens is 200 g/mol. The van der Waals surface area contributed by atoms with Gasteiger partial charge in [0, 0.05) is 5.54 Å². The molecule has 0 aliphatic rings. The largest absolute Gasteiger partial charge is 0.473 e. The first kappa shape index (κ1) is 18.0. The van der Waals surface area contributed by atoms with Gasteiger partial charge in [0.15, 0.2) is 0 Å². The second-order valence-electron chi connectivity index (χ2n) is 3.00. The highest BCUT2D eigenvalue weighted by atomic mass is 35.5. The molecule has 0 rings (SSSR count). The molecular formula is C6H15ClN2O4. The van der Waals surface area contributed by atoms with Gasteiger partial charge in [-0.15, -0.1) is 12.4 Å². The lowest BCUT2D eigenvalue weighted by atomic mass is 10.1. The summed E-state index contributed by atoms with van der Waals surface area (Å²) >= 11 is 0. The number of hydrazine groups is 1. The van der Waals surface area contributed by atoms with E-state index in [4.69, 9.17) is 25.6 Å². The predicted octanol–water partition coefficient (Wildman–Crippen LogP) is -0.174. The molecule has 0 amide bonds. The molecule has 0 aromatic rings. The van der Waals surface area contributed by atoms with E-state index in [1.165, 1.54) is 0 Å². The van der Waals surface area contributed by atoms with Gasteiger partial charge < -0.3 is 10.2 Å². The van der Waals surface area contributed by atoms with Crippen molar-refractivity contribution in [3.63, 3.8) is 0 Å². The number of carbonyl (C=O) groups is 2. The van der Waals surface area contributed by atoms with E-state index < -0.39 is 11.9 Å². The second-order valence-corrected chi connectivity index (χ2v) is 3.00. The quantitative estimate of drug-likeness (QED) is 0.253. The number of carboxylic acids is 2. The molecule has 5 N–H and O–H groups in total. The number of carboxylic acid groups (broad SMARTS) is 2. The molecule has 0 spiro atoms. The molecule has 0 aromatic heterocycles. The molecule has 0 fully saturated rings. The van der Waals surface area contributed by atoms with E-state index >= 15 is 0 Å². The summed E-state index contributed by atoms with van der Waals surface area (Å²) in [4.78, 5) is 18.2. The predicted molar refractivity (Wildman–Crippen MR) is 49.6 cm³/mol. The van der Waals surface area contributed by atoms with Crippen LogP contribution in [0.1, 0.15) is 20.8 Å². The molecule has 0 aromatic carbocycles. The smallest absolute Gasteiger partial charge is 0.414 e. The van der Waals surface area contributed by atoms with Gasteiger partial charge in [0.2, 0.25) is 0 Å². The molecule has 80 valence electrons. The molecule has 0 aliphatic heterocycles. The summed E-state index contributed by atoms with van der Waals surface area (Å²) in [5, 5.41) is 14.8. The molecule has 0 saturated heterocycles. The van der Waals surface area contributed by atoms with Crippen LogP contribution in [0.3, 0.4) is 0 Å². The summed E-state index contributed by atoms with van der Waals surface area (Å²) < 4.78 is 0. The van der Waals surface area contributed by atoms with E-state index in [2.05, 4.69) is 5.43 Å². The Balaban J connectivity index is -0.000000143. The van der Waals surface area contributed by atoms with E-state index in [1.807, 2.05) is 20.8 Å². The van der Waals surface area contributed by atoms with Gasteiger partial charge in [0.05, 0.1) is 0 Å². The Morgan fingerprint density at radius 2 is 1.31 bits per heavy atom. The van der Waals surface area contributed by atoms with Gasteiger partial charge in [0.25, 0.3) is 0 Å². The molecule has 0 radical (unpaired) electrons. The van der Waals surface area contributed by atoms with Gasteiger partial charge in [0.1, 0.15) is 0 Å². The molecule has 0 unspecified atom stereocenters. The van der Waals surface area contributed by atoms with Crippen LogP contribution >= 0.6 is 12.4 Å². The first-order valence-electron chi connectivity index (χ1n) is 3.14. The first-order chi connectivity index (χ1) is 5.20. The lowest BCUT2D eigenvalue weighted by Crippen LogP contribution is -2.41. The van der Waals surface area contributed by atoms with E-state index in [1.54, 1.807) is 0 Å². The monoisotopic (exact) mass is 214 g/mol. The van der Waals surface area contributed by atoms with Gasteiger partial charge in [-0.05, 0) is 20.8 Å². The van der Waals surface area contributed by atoms with E-state index in [0.717, 1.165) is 0 Å². The molecule has 6 nitrogen and oxygen atoms in total. The van der Waals surface area contributed by atoms with Gasteiger partial charge in [-0.3, -0.25) is 11.3 Å². The van der Waals surface area contributed by atoms with Crippen LogP contribution in [0.15, 0.2) is 0 Å². The Morgan fingerprint density at radius 3 is 1.31 bits per heavy atom. The minimum absolute atomic E-state index is 0. The maximum absolute atomic E-state index is 9.10. The fourth-order valence-electron chi connectivity index (χ4n) is 0. The maximum Gasteiger partial charge on any atom is 0.414 e. The Bertz CT molecular complexity index is 155. The standard InChI is InChI=1S/C4H12N2.C2H2O4.ClH/c1-4(2,3)6-5;3-1(4)2(5)6;/h6H,5H2,1-3H3;(H,3,4)(H,5,6);1H. The highest BCUT2D eigenvalue weighted by Gasteiger charge is 2.04. The van der Waals surface area contributed by atoms with Crippen LogP contribution < -0.4 is 11.3 Å². The van der Waals surface area contributed by atoms with Crippen molar-refractivity contribution in [2.24, 2.45) is 5.84 Å². The molecule has 13 heavy (non-hydrogen) atoms. The summed E-state index contributed by atoms with van der Waals surface area (Å²) in [6.45, 7) is 6.02. The first-order valence-corrected chi connectivity index (χ1v) is 3.14. The minimum atomic E-state index is -1.82. The normalized spacial score (nSPS) is 8.92. The van der Waals surface area contributed by atoms with Crippen molar-refractivity contribution in [1.29, 1.82) is 0 Å². The van der Waals surface area contributed by atoms with Crippen LogP contribution in [0.2, 0.25) is 0 Å². The number of nitrogens with two attached hydrogens (primary N) is 1. The number of rotatable bonds is 0. The zero-order valence-electron chi connectivity index (χ0n) is 7.70. The lowest BCUT2D eigenvalue weighted by molar-refractivity contribution is -0.159. The van der Waals surface area contributed by atoms with Crippen molar-refractivity contribution in [2.45, 2.75) is 26.3 Å². The molecule has 0 atom stereocenters. The Labute approximate surface area is 82.5 Å². The Kier molecular flexibility index (Phi) is 10.8. The summed E-state index contributed by atoms with van der Waals surface area (Å²) in [5.41, 5.74) is 2.67. The van der Waals surface area contributed by atoms with Crippen LogP contribution in [0.4, 0.5) is 0 Å². The number of aliphatic carboxylic acids is 2. The van der Waals surface area contributed by atoms with Gasteiger partial charge in [-0.2, -0.15) is 0 Å². The van der Waals surface area contributed by atoms with Crippen molar-refractivity contribution < 1.29 is 19.8 Å². The summed E-state index contributed by atoms with van der Waals surface area (Å²) in [6.07, 6.45) is 0. The van der Waals surface area contributed by atoms with Gasteiger partial charge in [-0.1, -0.05) is 0 Å². The summed E-state index contributed by atoms with van der Waals surface area (Å²) in [7, 11) is 0. The lowest BCUT2D eigenvalue weighted by Gasteiger charge is -2.14. The van der Waals surface area contributed by atoms with Crippen LogP contribution in [0.25, 0.3) is 0 Å². The molecule has 0 heterocycles. The molecule has 0 aliphatic carbocycles. The SMILES string of the molecule is CC(C)(C)NN.Cl.O=C(O)C(=O)O. The third-order valence-electron chi connectivity index (χ3n) is 0.616. The third-order valence-corrected chi connectivity index (χ3v) is 0.616. The molecule has 0 saturated carbocycles. The minimum Gasteiger partial charge on any atom is -0.473 e. The summed E-state index contributed by atoms with van der Waals surface area (Å²) in [5.74, 6) is 1.41. The van der Waals surface area contributed by atoms with Crippen molar-refractivity contribution >= 4 is 24.3 Å². The zero-order valence-corrected chi connectivity index (χ0v) is 8.51. The summed E-state index contributed by atoms with van der Waals surface area (Å²) in [6, 6.07) is 0. The van der Waals surface area contributed by atoms with Crippen molar-refractivity contribution in [3.05, 3.63) is 0 Å². The number of halogens is 1. The third kappa shape index (κ3) is 24.7. The molecule has 7 heteroatoms. The fourth-order valence-corrected chi connectivity index (χ4v) is 0. The maximum atomic E-state index is 9.10. The van der Waals surface area contributed by atoms with Crippen molar-refractivity contribution in [1.82, 2.24) is 5.43 Å². The fraction of sp³-hybridized carbons (Fsp3) is 0.667. The topological polar surface area (TPSA) is 113 Å². The Morgan fingerprint density at radius 1 is 1.15 bits per heavy atom. The zero-order chi connectivity index (χ0) is 10.4. The van der Waals surface area contributed by atoms with Crippen LogP contribution in [0, 0.1) is 0 Å². The highest BCUT2D eigenvalue weighted by Crippen LogP contribution is 1.92. The highest BCUT2D eigenvalue weighted by molar-refractivity contribution is 6.27.